The van der Waals surface area contributed by atoms with Gasteiger partial charge in [0.2, 0.25) is 5.91 Å². The maximum absolute atomic E-state index is 12.2. The minimum atomic E-state index is 0. The van der Waals surface area contributed by atoms with Crippen LogP contribution in [0.15, 0.2) is 43.0 Å². The summed E-state index contributed by atoms with van der Waals surface area (Å²) in [5.74, 6) is 0.224. The number of aromatic nitrogens is 2. The first-order valence-electron chi connectivity index (χ1n) is 8.27. The highest BCUT2D eigenvalue weighted by Gasteiger charge is 2.24. The summed E-state index contributed by atoms with van der Waals surface area (Å²) >= 11 is 0. The van der Waals surface area contributed by atoms with E-state index in [0.717, 1.165) is 37.8 Å². The second-order valence-corrected chi connectivity index (χ2v) is 6.39. The van der Waals surface area contributed by atoms with Crippen molar-refractivity contribution >= 4 is 30.7 Å². The fraction of sp³-hybridized carbons (Fsp3) is 0.444. The Kier molecular flexibility index (Phi) is 8.97. The molecule has 138 valence electrons. The van der Waals surface area contributed by atoms with E-state index in [0.29, 0.717) is 6.54 Å². The van der Waals surface area contributed by atoms with Crippen molar-refractivity contribution in [1.29, 1.82) is 0 Å². The Bertz CT molecular complexity index is 631. The molecule has 0 bridgehead atoms. The van der Waals surface area contributed by atoms with Crippen LogP contribution in [0.1, 0.15) is 36.8 Å². The molecule has 2 atom stereocenters. The summed E-state index contributed by atoms with van der Waals surface area (Å²) in [5, 5.41) is 3.04. The van der Waals surface area contributed by atoms with Crippen molar-refractivity contribution in [2.75, 3.05) is 0 Å². The van der Waals surface area contributed by atoms with Crippen LogP contribution in [-0.4, -0.2) is 21.5 Å². The zero-order valence-electron chi connectivity index (χ0n) is 14.1. The van der Waals surface area contributed by atoms with E-state index < -0.39 is 0 Å². The molecule has 5 nitrogen and oxygen atoms in total. The van der Waals surface area contributed by atoms with Gasteiger partial charge in [-0.3, -0.25) is 4.79 Å². The number of nitrogens with zero attached hydrogens (tertiary/aromatic N) is 2. The van der Waals surface area contributed by atoms with E-state index in [9.17, 15) is 4.79 Å². The van der Waals surface area contributed by atoms with E-state index in [1.165, 1.54) is 5.56 Å². The third kappa shape index (κ3) is 6.34. The Morgan fingerprint density at radius 3 is 2.56 bits per heavy atom. The number of nitrogens with one attached hydrogen (secondary N) is 1. The van der Waals surface area contributed by atoms with Crippen LogP contribution < -0.4 is 11.1 Å². The van der Waals surface area contributed by atoms with E-state index in [1.54, 1.807) is 6.20 Å². The number of hydrogen-bond donors (Lipinski definition) is 2. The van der Waals surface area contributed by atoms with E-state index in [2.05, 4.69) is 34.6 Å². The molecule has 1 saturated carbocycles. The highest BCUT2D eigenvalue weighted by atomic mass is 35.5. The molecule has 0 spiro atoms. The maximum atomic E-state index is 12.2. The summed E-state index contributed by atoms with van der Waals surface area (Å²) in [6.07, 6.45) is 9.41. The zero-order chi connectivity index (χ0) is 16.1. The van der Waals surface area contributed by atoms with Crippen LogP contribution in [0.2, 0.25) is 0 Å². The van der Waals surface area contributed by atoms with E-state index >= 15 is 0 Å². The van der Waals surface area contributed by atoms with Gasteiger partial charge in [-0.25, -0.2) is 4.98 Å². The highest BCUT2D eigenvalue weighted by molar-refractivity contribution is 5.85. The lowest BCUT2D eigenvalue weighted by Crippen LogP contribution is -2.37. The molecule has 7 heteroatoms. The van der Waals surface area contributed by atoms with Gasteiger partial charge < -0.3 is 15.6 Å². The molecule has 3 N–H and O–H groups in total. The topological polar surface area (TPSA) is 72.9 Å². The molecule has 3 rings (SSSR count). The summed E-state index contributed by atoms with van der Waals surface area (Å²) in [4.78, 5) is 16.3. The van der Waals surface area contributed by atoms with Crippen molar-refractivity contribution in [1.82, 2.24) is 14.9 Å². The Morgan fingerprint density at radius 2 is 1.92 bits per heavy atom. The van der Waals surface area contributed by atoms with Gasteiger partial charge in [-0.1, -0.05) is 30.7 Å². The number of imidazole rings is 1. The molecule has 1 fully saturated rings. The van der Waals surface area contributed by atoms with Crippen molar-refractivity contribution in [3.63, 3.8) is 0 Å². The number of nitrogens with two attached hydrogens (primary N) is 1. The van der Waals surface area contributed by atoms with Gasteiger partial charge in [0.15, 0.2) is 0 Å². The smallest absolute Gasteiger partial charge is 0.223 e. The van der Waals surface area contributed by atoms with Gasteiger partial charge >= 0.3 is 0 Å². The molecule has 1 aliphatic carbocycles. The molecule has 0 saturated heterocycles. The molecule has 1 amide bonds. The van der Waals surface area contributed by atoms with Gasteiger partial charge in [-0.2, -0.15) is 0 Å². The molecule has 1 aliphatic rings. The normalized spacial score (nSPS) is 19.4. The number of amides is 1. The zero-order valence-corrected chi connectivity index (χ0v) is 15.8. The number of carbonyl (C=O) groups excluding carboxylic acids is 1. The highest BCUT2D eigenvalue weighted by Crippen LogP contribution is 2.23. The van der Waals surface area contributed by atoms with E-state index in [-0.39, 0.29) is 42.7 Å². The lowest BCUT2D eigenvalue weighted by Gasteiger charge is -2.25. The maximum Gasteiger partial charge on any atom is 0.223 e. The van der Waals surface area contributed by atoms with E-state index in [1.807, 2.05) is 17.1 Å². The SMILES string of the molecule is Cl.Cl.NC1CCCC(C(=O)NCc2ccc(Cn3ccnc3)cc2)C1. The van der Waals surface area contributed by atoms with E-state index in [4.69, 9.17) is 5.73 Å². The first-order chi connectivity index (χ1) is 11.2. The predicted octanol–water partition coefficient (Wildman–Crippen LogP) is 2.91. The van der Waals surface area contributed by atoms with Crippen molar-refractivity contribution in [3.05, 3.63) is 54.1 Å². The Balaban J connectivity index is 0.00000156. The third-order valence-electron chi connectivity index (χ3n) is 4.50. The monoisotopic (exact) mass is 384 g/mol. The molecule has 1 aromatic carbocycles. The Labute approximate surface area is 161 Å². The molecule has 1 heterocycles. The number of benzene rings is 1. The fourth-order valence-electron chi connectivity index (χ4n) is 3.15. The van der Waals surface area contributed by atoms with Crippen LogP contribution >= 0.6 is 24.8 Å². The molecular weight excluding hydrogens is 359 g/mol. The predicted molar refractivity (Wildman–Crippen MR) is 104 cm³/mol. The molecular formula is C18H26Cl2N4O. The summed E-state index contributed by atoms with van der Waals surface area (Å²) in [6.45, 7) is 1.39. The van der Waals surface area contributed by atoms with Gasteiger partial charge in [0, 0.05) is 37.4 Å². The van der Waals surface area contributed by atoms with Gasteiger partial charge in [-0.15, -0.1) is 24.8 Å². The largest absolute Gasteiger partial charge is 0.352 e. The minimum Gasteiger partial charge on any atom is -0.352 e. The van der Waals surface area contributed by atoms with Crippen molar-refractivity contribution in [2.24, 2.45) is 11.7 Å². The summed E-state index contributed by atoms with van der Waals surface area (Å²) in [7, 11) is 0. The standard InChI is InChI=1S/C18H24N4O.2ClH/c19-17-3-1-2-16(10-17)18(23)21-11-14-4-6-15(7-5-14)12-22-9-8-20-13-22;;/h4-9,13,16-17H,1-3,10-12,19H2,(H,21,23);2*1H. The van der Waals surface area contributed by atoms with Crippen LogP contribution in [0.3, 0.4) is 0 Å². The van der Waals surface area contributed by atoms with Gasteiger partial charge in [0.05, 0.1) is 6.33 Å². The summed E-state index contributed by atoms with van der Waals surface area (Å²) < 4.78 is 2.03. The van der Waals surface area contributed by atoms with Crippen LogP contribution in [0.5, 0.6) is 0 Å². The number of halogens is 2. The molecule has 2 unspecified atom stereocenters. The first-order valence-corrected chi connectivity index (χ1v) is 8.27. The average Bonchev–Trinajstić information content (AvgIpc) is 3.07. The Morgan fingerprint density at radius 1 is 1.20 bits per heavy atom. The van der Waals surface area contributed by atoms with Crippen molar-refractivity contribution < 1.29 is 4.79 Å². The summed E-state index contributed by atoms with van der Waals surface area (Å²) in [6, 6.07) is 8.51. The number of carbonyl (C=O) groups is 1. The lowest BCUT2D eigenvalue weighted by molar-refractivity contribution is -0.126. The fourth-order valence-corrected chi connectivity index (χ4v) is 3.15. The third-order valence-corrected chi connectivity index (χ3v) is 4.50. The van der Waals surface area contributed by atoms with Gasteiger partial charge in [0.1, 0.15) is 0 Å². The van der Waals surface area contributed by atoms with Crippen LogP contribution in [0.4, 0.5) is 0 Å². The summed E-state index contributed by atoms with van der Waals surface area (Å²) in [5.41, 5.74) is 8.29. The molecule has 1 aromatic heterocycles. The average molecular weight is 385 g/mol. The lowest BCUT2D eigenvalue weighted by atomic mass is 9.85. The quantitative estimate of drug-likeness (QED) is 0.831. The Hall–Kier alpha value is -1.56. The van der Waals surface area contributed by atoms with Crippen LogP contribution in [0, 0.1) is 5.92 Å². The number of rotatable bonds is 5. The minimum absolute atomic E-state index is 0. The first kappa shape index (κ1) is 21.5. The van der Waals surface area contributed by atoms with Crippen molar-refractivity contribution in [3.8, 4) is 0 Å². The molecule has 25 heavy (non-hydrogen) atoms. The second kappa shape index (κ2) is 10.4. The second-order valence-electron chi connectivity index (χ2n) is 6.39. The van der Waals surface area contributed by atoms with Crippen molar-refractivity contribution in [2.45, 2.75) is 44.8 Å². The number of hydrogen-bond acceptors (Lipinski definition) is 3. The van der Waals surface area contributed by atoms with Gasteiger partial charge in [0.25, 0.3) is 0 Å². The molecule has 0 aliphatic heterocycles. The molecule has 0 radical (unpaired) electrons. The van der Waals surface area contributed by atoms with Crippen LogP contribution in [-0.2, 0) is 17.9 Å². The van der Waals surface area contributed by atoms with Crippen LogP contribution in [0.25, 0.3) is 0 Å². The van der Waals surface area contributed by atoms with Gasteiger partial charge in [-0.05, 0) is 30.4 Å². The molecule has 2 aromatic rings.